The van der Waals surface area contributed by atoms with Gasteiger partial charge in [-0.2, -0.15) is 0 Å². The lowest BCUT2D eigenvalue weighted by Gasteiger charge is -2.02. The molecule has 3 nitrogen and oxygen atoms in total. The van der Waals surface area contributed by atoms with Crippen molar-refractivity contribution in [2.75, 3.05) is 5.75 Å². The lowest BCUT2D eigenvalue weighted by molar-refractivity contribution is 0.108. The van der Waals surface area contributed by atoms with Crippen LogP contribution >= 0.6 is 11.8 Å². The van der Waals surface area contributed by atoms with Gasteiger partial charge in [0.15, 0.2) is 0 Å². The Morgan fingerprint density at radius 3 is 2.77 bits per heavy atom. The minimum Gasteiger partial charge on any atom is -0.508 e. The Bertz CT molecular complexity index is 323. The Balaban J connectivity index is 2.99. The molecule has 0 aliphatic heterocycles. The first-order chi connectivity index (χ1) is 6.15. The van der Waals surface area contributed by atoms with Crippen molar-refractivity contribution in [2.24, 2.45) is 0 Å². The molecule has 0 amide bonds. The van der Waals surface area contributed by atoms with Crippen molar-refractivity contribution in [3.63, 3.8) is 0 Å². The first-order valence-corrected chi connectivity index (χ1v) is 4.82. The Labute approximate surface area is 80.4 Å². The van der Waals surface area contributed by atoms with Gasteiger partial charge in [-0.25, -0.2) is 0 Å². The molecule has 70 valence electrons. The van der Waals surface area contributed by atoms with Crippen LogP contribution in [0.5, 0.6) is 11.5 Å². The number of hydrogen-bond acceptors (Lipinski definition) is 4. The van der Waals surface area contributed by atoms with E-state index in [-0.39, 0.29) is 22.2 Å². The van der Waals surface area contributed by atoms with Crippen molar-refractivity contribution in [1.29, 1.82) is 0 Å². The highest BCUT2D eigenvalue weighted by Gasteiger charge is 2.11. The fraction of sp³-hybridized carbons (Fsp3) is 0.222. The quantitative estimate of drug-likeness (QED) is 0.713. The van der Waals surface area contributed by atoms with Gasteiger partial charge in [0.1, 0.15) is 11.5 Å². The van der Waals surface area contributed by atoms with Crippen LogP contribution < -0.4 is 0 Å². The zero-order valence-electron chi connectivity index (χ0n) is 7.15. The molecule has 0 heterocycles. The van der Waals surface area contributed by atoms with Crippen LogP contribution in [-0.2, 0) is 0 Å². The monoisotopic (exact) mass is 198 g/mol. The molecule has 1 aromatic carbocycles. The number of carbonyl (C=O) groups excluding carboxylic acids is 1. The molecule has 13 heavy (non-hydrogen) atoms. The van der Waals surface area contributed by atoms with Crippen LogP contribution in [0.2, 0.25) is 0 Å². The van der Waals surface area contributed by atoms with Gasteiger partial charge >= 0.3 is 0 Å². The largest absolute Gasteiger partial charge is 0.508 e. The number of rotatable bonds is 2. The number of thioether (sulfide) groups is 1. The van der Waals surface area contributed by atoms with Crippen LogP contribution in [0.1, 0.15) is 17.3 Å². The SMILES string of the molecule is CCSC(=O)c1cc(O)ccc1O. The van der Waals surface area contributed by atoms with Crippen molar-refractivity contribution >= 4 is 16.9 Å². The van der Waals surface area contributed by atoms with Gasteiger partial charge < -0.3 is 10.2 Å². The highest BCUT2D eigenvalue weighted by molar-refractivity contribution is 8.14. The molecule has 0 bridgehead atoms. The fourth-order valence-corrected chi connectivity index (χ4v) is 1.48. The Hall–Kier alpha value is -1.16. The highest BCUT2D eigenvalue weighted by atomic mass is 32.2. The van der Waals surface area contributed by atoms with E-state index in [4.69, 9.17) is 5.11 Å². The molecule has 1 aromatic rings. The molecule has 4 heteroatoms. The van der Waals surface area contributed by atoms with Gasteiger partial charge in [0.25, 0.3) is 0 Å². The maximum Gasteiger partial charge on any atom is 0.223 e. The normalized spacial score (nSPS) is 9.92. The molecular formula is C9H10O3S. The van der Waals surface area contributed by atoms with E-state index >= 15 is 0 Å². The standard InChI is InChI=1S/C9H10O3S/c1-2-13-9(12)7-5-6(10)3-4-8(7)11/h3-5,10-11H,2H2,1H3. The Morgan fingerprint density at radius 1 is 1.46 bits per heavy atom. The fourth-order valence-electron chi connectivity index (χ4n) is 0.896. The van der Waals surface area contributed by atoms with Gasteiger partial charge in [0.05, 0.1) is 5.56 Å². The summed E-state index contributed by atoms with van der Waals surface area (Å²) in [5.41, 5.74) is 0.159. The minimum atomic E-state index is -0.226. The van der Waals surface area contributed by atoms with E-state index in [2.05, 4.69) is 0 Å². The third-order valence-corrected chi connectivity index (χ3v) is 2.25. The van der Waals surface area contributed by atoms with Gasteiger partial charge in [-0.05, 0) is 24.0 Å². The second-order valence-electron chi connectivity index (χ2n) is 2.42. The lowest BCUT2D eigenvalue weighted by Crippen LogP contribution is -1.93. The zero-order chi connectivity index (χ0) is 9.84. The number of benzene rings is 1. The molecule has 0 fully saturated rings. The molecular weight excluding hydrogens is 188 g/mol. The van der Waals surface area contributed by atoms with Crippen molar-refractivity contribution in [3.05, 3.63) is 23.8 Å². The van der Waals surface area contributed by atoms with Crippen LogP contribution in [-0.4, -0.2) is 21.1 Å². The van der Waals surface area contributed by atoms with Crippen molar-refractivity contribution < 1.29 is 15.0 Å². The van der Waals surface area contributed by atoms with Crippen LogP contribution in [0, 0.1) is 0 Å². The molecule has 0 saturated carbocycles. The number of aromatic hydroxyl groups is 2. The van der Waals surface area contributed by atoms with E-state index in [1.54, 1.807) is 0 Å². The van der Waals surface area contributed by atoms with Gasteiger partial charge in [0.2, 0.25) is 5.12 Å². The minimum absolute atomic E-state index is 0.0159. The van der Waals surface area contributed by atoms with Crippen molar-refractivity contribution in [1.82, 2.24) is 0 Å². The molecule has 0 unspecified atom stereocenters. The molecule has 0 saturated heterocycles. The highest BCUT2D eigenvalue weighted by Crippen LogP contribution is 2.25. The van der Waals surface area contributed by atoms with E-state index < -0.39 is 0 Å². The maximum absolute atomic E-state index is 11.3. The lowest BCUT2D eigenvalue weighted by atomic mass is 10.2. The molecule has 0 radical (unpaired) electrons. The van der Waals surface area contributed by atoms with Crippen LogP contribution in [0.25, 0.3) is 0 Å². The van der Waals surface area contributed by atoms with E-state index in [1.807, 2.05) is 6.92 Å². The molecule has 0 atom stereocenters. The zero-order valence-corrected chi connectivity index (χ0v) is 7.97. The smallest absolute Gasteiger partial charge is 0.223 e. The number of phenols is 2. The summed E-state index contributed by atoms with van der Waals surface area (Å²) in [7, 11) is 0. The summed E-state index contributed by atoms with van der Waals surface area (Å²) in [6, 6.07) is 3.90. The summed E-state index contributed by atoms with van der Waals surface area (Å²) in [5.74, 6) is 0.537. The number of hydrogen-bond donors (Lipinski definition) is 2. The summed E-state index contributed by atoms with van der Waals surface area (Å²) in [5, 5.41) is 18.1. The van der Waals surface area contributed by atoms with Crippen LogP contribution in [0.15, 0.2) is 18.2 Å². The van der Waals surface area contributed by atoms with Crippen LogP contribution in [0.3, 0.4) is 0 Å². The van der Waals surface area contributed by atoms with Gasteiger partial charge in [0, 0.05) is 0 Å². The van der Waals surface area contributed by atoms with Gasteiger partial charge in [-0.15, -0.1) is 0 Å². The van der Waals surface area contributed by atoms with E-state index in [0.29, 0.717) is 5.75 Å². The summed E-state index contributed by atoms with van der Waals surface area (Å²) in [6.45, 7) is 1.85. The molecule has 0 spiro atoms. The molecule has 0 aromatic heterocycles. The van der Waals surface area contributed by atoms with E-state index in [9.17, 15) is 9.90 Å². The third kappa shape index (κ3) is 2.39. The maximum atomic E-state index is 11.3. The second kappa shape index (κ2) is 4.18. The van der Waals surface area contributed by atoms with Gasteiger partial charge in [-0.3, -0.25) is 4.79 Å². The summed E-state index contributed by atoms with van der Waals surface area (Å²) >= 11 is 1.10. The topological polar surface area (TPSA) is 57.5 Å². The number of phenolic OH excluding ortho intramolecular Hbond substituents is 2. The van der Waals surface area contributed by atoms with Crippen LogP contribution in [0.4, 0.5) is 0 Å². The molecule has 0 aliphatic rings. The number of carbonyl (C=O) groups is 1. The average Bonchev–Trinajstić information content (AvgIpc) is 2.09. The molecule has 1 rings (SSSR count). The summed E-state index contributed by atoms with van der Waals surface area (Å²) in [6.07, 6.45) is 0. The Morgan fingerprint density at radius 2 is 2.15 bits per heavy atom. The first-order valence-electron chi connectivity index (χ1n) is 3.84. The average molecular weight is 198 g/mol. The predicted molar refractivity (Wildman–Crippen MR) is 52.2 cm³/mol. The summed E-state index contributed by atoms with van der Waals surface area (Å²) in [4.78, 5) is 11.3. The Kier molecular flexibility index (Phi) is 3.19. The van der Waals surface area contributed by atoms with E-state index in [1.165, 1.54) is 18.2 Å². The van der Waals surface area contributed by atoms with Crippen molar-refractivity contribution in [2.45, 2.75) is 6.92 Å². The van der Waals surface area contributed by atoms with Gasteiger partial charge in [-0.1, -0.05) is 18.7 Å². The first kappa shape index (κ1) is 9.92. The molecule has 0 aliphatic carbocycles. The predicted octanol–water partition coefficient (Wildman–Crippen LogP) is 1.99. The summed E-state index contributed by atoms with van der Waals surface area (Å²) < 4.78 is 0. The van der Waals surface area contributed by atoms with Crippen molar-refractivity contribution in [3.8, 4) is 11.5 Å². The third-order valence-electron chi connectivity index (χ3n) is 1.48. The second-order valence-corrected chi connectivity index (χ2v) is 3.66. The molecule has 2 N–H and O–H groups in total. The van der Waals surface area contributed by atoms with E-state index in [0.717, 1.165) is 11.8 Å².